The van der Waals surface area contributed by atoms with Gasteiger partial charge in [0.1, 0.15) is 5.76 Å². The average molecular weight is 367 g/mol. The molecule has 0 amide bonds. The number of hydrogen-bond donors (Lipinski definition) is 2. The van der Waals surface area contributed by atoms with Crippen molar-refractivity contribution in [1.29, 1.82) is 0 Å². The largest absolute Gasteiger partial charge is 0.508 e. The summed E-state index contributed by atoms with van der Waals surface area (Å²) in [7, 11) is 0. The van der Waals surface area contributed by atoms with Crippen molar-refractivity contribution in [2.24, 2.45) is 0 Å². The lowest BCUT2D eigenvalue weighted by Crippen LogP contribution is -2.17. The number of aromatic carboxylic acids is 1. The monoisotopic (exact) mass is 366 g/mol. The molecule has 0 heterocycles. The number of carbonyl (C=O) groups is 1. The van der Waals surface area contributed by atoms with Crippen LogP contribution in [0.3, 0.4) is 0 Å². The molecule has 144 valence electrons. The lowest BCUT2D eigenvalue weighted by Gasteiger charge is -2.24. The molecule has 3 nitrogen and oxygen atoms in total. The van der Waals surface area contributed by atoms with Crippen LogP contribution in [0.1, 0.15) is 79.7 Å². The van der Waals surface area contributed by atoms with Crippen molar-refractivity contribution in [2.45, 2.75) is 58.8 Å². The summed E-state index contributed by atoms with van der Waals surface area (Å²) < 4.78 is 0. The number of hydrogen-bond acceptors (Lipinski definition) is 2. The van der Waals surface area contributed by atoms with Crippen LogP contribution in [0.4, 0.5) is 0 Å². The first-order chi connectivity index (χ1) is 12.3. The lowest BCUT2D eigenvalue weighted by molar-refractivity contribution is 0.0694. The Hall–Kier alpha value is -2.55. The quantitative estimate of drug-likeness (QED) is 0.643. The fourth-order valence-electron chi connectivity index (χ4n) is 3.36. The van der Waals surface area contributed by atoms with Crippen LogP contribution in [-0.2, 0) is 17.3 Å². The summed E-state index contributed by atoms with van der Waals surface area (Å²) in [5.41, 5.74) is 4.54. The zero-order valence-corrected chi connectivity index (χ0v) is 17.2. The molecule has 27 heavy (non-hydrogen) atoms. The van der Waals surface area contributed by atoms with Crippen LogP contribution in [0.25, 0.3) is 5.76 Å². The Kier molecular flexibility index (Phi) is 5.55. The smallest absolute Gasteiger partial charge is 0.335 e. The van der Waals surface area contributed by atoms with Gasteiger partial charge in [0.05, 0.1) is 5.56 Å². The van der Waals surface area contributed by atoms with E-state index in [4.69, 9.17) is 0 Å². The van der Waals surface area contributed by atoms with E-state index in [9.17, 15) is 15.0 Å². The second-order valence-electron chi connectivity index (χ2n) is 9.19. The maximum atomic E-state index is 11.7. The predicted octanol–water partition coefficient (Wildman–Crippen LogP) is 6.10. The fraction of sp³-hybridized carbons (Fsp3) is 0.375. The highest BCUT2D eigenvalue weighted by molar-refractivity contribution is 5.90. The third-order valence-corrected chi connectivity index (χ3v) is 4.73. The van der Waals surface area contributed by atoms with Crippen molar-refractivity contribution in [3.63, 3.8) is 0 Å². The van der Waals surface area contributed by atoms with Crippen molar-refractivity contribution in [1.82, 2.24) is 0 Å². The summed E-state index contributed by atoms with van der Waals surface area (Å²) in [6.07, 6.45) is 0.593. The van der Waals surface area contributed by atoms with Crippen molar-refractivity contribution in [2.75, 3.05) is 0 Å². The number of aliphatic hydroxyl groups excluding tert-OH is 1. The summed E-state index contributed by atoms with van der Waals surface area (Å²) in [6, 6.07) is 11.7. The molecule has 2 aromatic rings. The van der Waals surface area contributed by atoms with Crippen LogP contribution in [0.15, 0.2) is 43.0 Å². The molecule has 0 atom stereocenters. The zero-order valence-electron chi connectivity index (χ0n) is 17.2. The molecule has 0 fully saturated rings. The van der Waals surface area contributed by atoms with Gasteiger partial charge in [0.2, 0.25) is 0 Å². The molecular weight excluding hydrogens is 336 g/mol. The van der Waals surface area contributed by atoms with Crippen molar-refractivity contribution in [3.05, 3.63) is 76.4 Å². The first kappa shape index (κ1) is 20.8. The van der Waals surface area contributed by atoms with Gasteiger partial charge < -0.3 is 10.2 Å². The Morgan fingerprint density at radius 1 is 0.815 bits per heavy atom. The number of rotatable bonds is 4. The minimum atomic E-state index is -0.908. The maximum Gasteiger partial charge on any atom is 0.335 e. The van der Waals surface area contributed by atoms with E-state index >= 15 is 0 Å². The first-order valence-corrected chi connectivity index (χ1v) is 9.19. The van der Waals surface area contributed by atoms with E-state index in [2.05, 4.69) is 27.4 Å². The molecule has 0 saturated carbocycles. The molecule has 0 saturated heterocycles. The van der Waals surface area contributed by atoms with Crippen LogP contribution >= 0.6 is 0 Å². The molecule has 0 radical (unpaired) electrons. The predicted molar refractivity (Wildman–Crippen MR) is 112 cm³/mol. The van der Waals surface area contributed by atoms with E-state index in [-0.39, 0.29) is 16.6 Å². The average Bonchev–Trinajstić information content (AvgIpc) is 2.52. The zero-order chi connectivity index (χ0) is 20.6. The Balaban J connectivity index is 2.46. The topological polar surface area (TPSA) is 57.5 Å². The van der Waals surface area contributed by atoms with Crippen LogP contribution in [0.2, 0.25) is 0 Å². The van der Waals surface area contributed by atoms with Gasteiger partial charge in [-0.3, -0.25) is 0 Å². The normalized spacial score (nSPS) is 12.1. The van der Waals surface area contributed by atoms with Gasteiger partial charge in [0.15, 0.2) is 0 Å². The minimum absolute atomic E-state index is 0.0519. The van der Waals surface area contributed by atoms with Gasteiger partial charge in [-0.15, -0.1) is 0 Å². The molecule has 0 aliphatic carbocycles. The molecule has 2 rings (SSSR count). The van der Waals surface area contributed by atoms with Crippen molar-refractivity contribution < 1.29 is 15.0 Å². The molecule has 0 bridgehead atoms. The van der Waals surface area contributed by atoms with Crippen LogP contribution in [0.5, 0.6) is 0 Å². The molecule has 0 aliphatic rings. The van der Waals surface area contributed by atoms with Gasteiger partial charge in [0, 0.05) is 5.56 Å². The summed E-state index contributed by atoms with van der Waals surface area (Å²) >= 11 is 0. The fourth-order valence-corrected chi connectivity index (χ4v) is 3.36. The first-order valence-electron chi connectivity index (χ1n) is 9.19. The highest BCUT2D eigenvalue weighted by atomic mass is 16.4. The van der Waals surface area contributed by atoms with Gasteiger partial charge in [-0.25, -0.2) is 4.79 Å². The third kappa shape index (κ3) is 4.79. The summed E-state index contributed by atoms with van der Waals surface area (Å²) in [4.78, 5) is 11.7. The molecule has 0 spiro atoms. The van der Waals surface area contributed by atoms with Gasteiger partial charge >= 0.3 is 5.97 Å². The van der Waals surface area contributed by atoms with Crippen molar-refractivity contribution in [3.8, 4) is 0 Å². The summed E-state index contributed by atoms with van der Waals surface area (Å²) in [6.45, 7) is 16.0. The minimum Gasteiger partial charge on any atom is -0.508 e. The molecule has 0 aromatic heterocycles. The van der Waals surface area contributed by atoms with Gasteiger partial charge in [-0.1, -0.05) is 72.4 Å². The Morgan fingerprint density at radius 3 is 1.59 bits per heavy atom. The standard InChI is InChI=1S/C24H30O3/c1-15(25)18-13-16(8-10-20(18)23(2,3)4)12-17-9-11-21(24(5,6)7)19(14-17)22(26)27/h8-11,13-14,25H,1,12H2,2-7H3,(H,26,27). The summed E-state index contributed by atoms with van der Waals surface area (Å²) in [5.74, 6) is -0.856. The van der Waals surface area contributed by atoms with E-state index in [0.29, 0.717) is 12.0 Å². The van der Waals surface area contributed by atoms with Gasteiger partial charge in [0.25, 0.3) is 0 Å². The second kappa shape index (κ2) is 7.22. The molecule has 2 N–H and O–H groups in total. The highest BCUT2D eigenvalue weighted by Crippen LogP contribution is 2.31. The van der Waals surface area contributed by atoms with E-state index in [1.54, 1.807) is 6.07 Å². The van der Waals surface area contributed by atoms with Crippen LogP contribution in [-0.4, -0.2) is 16.2 Å². The van der Waals surface area contributed by atoms with Gasteiger partial charge in [-0.05, 0) is 51.6 Å². The van der Waals surface area contributed by atoms with Crippen molar-refractivity contribution >= 4 is 11.7 Å². The van der Waals surface area contributed by atoms with E-state index in [1.807, 2.05) is 51.1 Å². The van der Waals surface area contributed by atoms with Crippen LogP contribution < -0.4 is 0 Å². The molecule has 0 aliphatic heterocycles. The Labute approximate surface area is 162 Å². The Bertz CT molecular complexity index is 804. The SMILES string of the molecule is C=C(O)c1cc(Cc2ccc(C(C)(C)C)c(C(=O)O)c2)ccc1C(C)(C)C. The molecule has 0 unspecified atom stereocenters. The third-order valence-electron chi connectivity index (χ3n) is 4.73. The molecule has 2 aromatic carbocycles. The van der Waals surface area contributed by atoms with Gasteiger partial charge in [-0.2, -0.15) is 0 Å². The molecule has 3 heteroatoms. The van der Waals surface area contributed by atoms with Crippen LogP contribution in [0, 0.1) is 0 Å². The number of aliphatic hydroxyl groups is 1. The number of carboxylic acids is 1. The van der Waals surface area contributed by atoms with E-state index < -0.39 is 5.97 Å². The lowest BCUT2D eigenvalue weighted by atomic mass is 9.81. The molecular formula is C24H30O3. The number of carboxylic acid groups (broad SMARTS) is 1. The highest BCUT2D eigenvalue weighted by Gasteiger charge is 2.22. The summed E-state index contributed by atoms with van der Waals surface area (Å²) in [5, 5.41) is 19.6. The number of benzene rings is 2. The second-order valence-corrected chi connectivity index (χ2v) is 9.19. The maximum absolute atomic E-state index is 11.7. The van der Waals surface area contributed by atoms with E-state index in [0.717, 1.165) is 27.8 Å². The Morgan fingerprint density at radius 2 is 1.22 bits per heavy atom. The van der Waals surface area contributed by atoms with E-state index in [1.165, 1.54) is 0 Å².